The number of sulfonamides is 1. The van der Waals surface area contributed by atoms with Gasteiger partial charge in [0.1, 0.15) is 0 Å². The summed E-state index contributed by atoms with van der Waals surface area (Å²) >= 11 is 0. The third-order valence-electron chi connectivity index (χ3n) is 3.76. The molecule has 0 spiro atoms. The molecule has 0 radical (unpaired) electrons. The fourth-order valence-corrected chi connectivity index (χ4v) is 3.78. The number of hydrogen-bond donors (Lipinski definition) is 2. The number of hydrogen-bond acceptors (Lipinski definition) is 3. The molecular formula is C14H22N2O2S. The zero-order valence-corrected chi connectivity index (χ0v) is 12.3. The first-order valence-corrected chi connectivity index (χ1v) is 8.27. The molecule has 0 aromatic heterocycles. The zero-order valence-electron chi connectivity index (χ0n) is 11.5. The third-order valence-corrected chi connectivity index (χ3v) is 5.34. The number of aryl methyl sites for hydroxylation is 1. The lowest BCUT2D eigenvalue weighted by atomic mass is 9.92. The highest BCUT2D eigenvalue weighted by atomic mass is 32.2. The first kappa shape index (κ1) is 14.5. The third kappa shape index (κ3) is 3.78. The first-order valence-electron chi connectivity index (χ1n) is 6.79. The molecule has 1 aliphatic rings. The normalized spacial score (nSPS) is 19.3. The fraction of sp³-hybridized carbons (Fsp3) is 0.571. The first-order chi connectivity index (χ1) is 8.99. The van der Waals surface area contributed by atoms with Crippen molar-refractivity contribution in [2.24, 2.45) is 5.92 Å². The van der Waals surface area contributed by atoms with E-state index in [-0.39, 0.29) is 6.04 Å². The van der Waals surface area contributed by atoms with E-state index in [4.69, 9.17) is 0 Å². The molecule has 1 aliphatic heterocycles. The molecule has 0 aliphatic carbocycles. The summed E-state index contributed by atoms with van der Waals surface area (Å²) in [4.78, 5) is 0.346. The number of rotatable bonds is 4. The summed E-state index contributed by atoms with van der Waals surface area (Å²) in [6.45, 7) is 5.85. The van der Waals surface area contributed by atoms with E-state index >= 15 is 0 Å². The average molecular weight is 282 g/mol. The van der Waals surface area contributed by atoms with Crippen molar-refractivity contribution in [2.45, 2.75) is 37.6 Å². The van der Waals surface area contributed by atoms with Gasteiger partial charge in [-0.15, -0.1) is 0 Å². The molecule has 2 rings (SSSR count). The van der Waals surface area contributed by atoms with E-state index in [2.05, 4.69) is 10.0 Å². The predicted molar refractivity (Wildman–Crippen MR) is 76.6 cm³/mol. The molecule has 0 amide bonds. The predicted octanol–water partition coefficient (Wildman–Crippen LogP) is 1.66. The summed E-state index contributed by atoms with van der Waals surface area (Å²) in [5.41, 5.74) is 1.06. The Bertz CT molecular complexity index is 505. The average Bonchev–Trinajstić information content (AvgIpc) is 2.40. The minimum atomic E-state index is -3.40. The van der Waals surface area contributed by atoms with Crippen molar-refractivity contribution in [1.29, 1.82) is 0 Å². The van der Waals surface area contributed by atoms with Crippen LogP contribution in [0.3, 0.4) is 0 Å². The van der Waals surface area contributed by atoms with E-state index in [1.54, 1.807) is 12.1 Å². The summed E-state index contributed by atoms with van der Waals surface area (Å²) in [7, 11) is -3.40. The van der Waals surface area contributed by atoms with Crippen LogP contribution in [0.25, 0.3) is 0 Å². The maximum atomic E-state index is 12.3. The van der Waals surface area contributed by atoms with Crippen LogP contribution in [0.1, 0.15) is 25.3 Å². The van der Waals surface area contributed by atoms with Crippen LogP contribution in [0.15, 0.2) is 29.2 Å². The van der Waals surface area contributed by atoms with Crippen LogP contribution in [0.4, 0.5) is 0 Å². The number of benzene rings is 1. The van der Waals surface area contributed by atoms with Crippen LogP contribution in [-0.4, -0.2) is 27.5 Å². The summed E-state index contributed by atoms with van der Waals surface area (Å²) in [5.74, 6) is 0.418. The topological polar surface area (TPSA) is 58.2 Å². The van der Waals surface area contributed by atoms with Gasteiger partial charge in [-0.3, -0.25) is 0 Å². The molecule has 1 aromatic carbocycles. The van der Waals surface area contributed by atoms with Gasteiger partial charge in [0.25, 0.3) is 0 Å². The van der Waals surface area contributed by atoms with Gasteiger partial charge in [-0.1, -0.05) is 17.7 Å². The molecule has 0 saturated carbocycles. The quantitative estimate of drug-likeness (QED) is 0.883. The number of nitrogens with one attached hydrogen (secondary N) is 2. The van der Waals surface area contributed by atoms with Gasteiger partial charge in [-0.2, -0.15) is 0 Å². The van der Waals surface area contributed by atoms with Crippen LogP contribution < -0.4 is 10.0 Å². The Morgan fingerprint density at radius 1 is 1.21 bits per heavy atom. The van der Waals surface area contributed by atoms with E-state index in [1.807, 2.05) is 26.0 Å². The molecule has 1 fully saturated rings. The monoisotopic (exact) mass is 282 g/mol. The largest absolute Gasteiger partial charge is 0.317 e. The van der Waals surface area contributed by atoms with Gasteiger partial charge in [0.2, 0.25) is 10.0 Å². The van der Waals surface area contributed by atoms with Crippen LogP contribution >= 0.6 is 0 Å². The molecule has 106 valence electrons. The van der Waals surface area contributed by atoms with Crippen LogP contribution in [-0.2, 0) is 10.0 Å². The zero-order chi connectivity index (χ0) is 13.9. The summed E-state index contributed by atoms with van der Waals surface area (Å²) in [6.07, 6.45) is 2.05. The highest BCUT2D eigenvalue weighted by molar-refractivity contribution is 7.89. The van der Waals surface area contributed by atoms with Crippen molar-refractivity contribution < 1.29 is 8.42 Å². The summed E-state index contributed by atoms with van der Waals surface area (Å²) < 4.78 is 27.3. The Hall–Kier alpha value is -0.910. The second-order valence-electron chi connectivity index (χ2n) is 5.31. The fourth-order valence-electron chi connectivity index (χ4n) is 2.47. The Kier molecular flexibility index (Phi) is 4.60. The number of piperidine rings is 1. The lowest BCUT2D eigenvalue weighted by molar-refractivity contribution is 0.316. The van der Waals surface area contributed by atoms with Crippen molar-refractivity contribution >= 4 is 10.0 Å². The Morgan fingerprint density at radius 2 is 1.79 bits per heavy atom. The van der Waals surface area contributed by atoms with Crippen LogP contribution in [0.5, 0.6) is 0 Å². The van der Waals surface area contributed by atoms with Crippen LogP contribution in [0, 0.1) is 12.8 Å². The van der Waals surface area contributed by atoms with Gasteiger partial charge >= 0.3 is 0 Å². The molecule has 1 atom stereocenters. The van der Waals surface area contributed by atoms with Gasteiger partial charge in [0.15, 0.2) is 0 Å². The Labute approximate surface area is 115 Å². The lowest BCUT2D eigenvalue weighted by Gasteiger charge is -2.28. The molecule has 0 bridgehead atoms. The van der Waals surface area contributed by atoms with E-state index in [0.717, 1.165) is 31.5 Å². The molecule has 1 unspecified atom stereocenters. The molecule has 1 aromatic rings. The molecule has 5 heteroatoms. The van der Waals surface area contributed by atoms with Gasteiger partial charge in [0.05, 0.1) is 4.90 Å². The van der Waals surface area contributed by atoms with E-state index < -0.39 is 10.0 Å². The molecular weight excluding hydrogens is 260 g/mol. The van der Waals surface area contributed by atoms with Gasteiger partial charge < -0.3 is 5.32 Å². The summed E-state index contributed by atoms with van der Waals surface area (Å²) in [6, 6.07) is 6.95. The van der Waals surface area contributed by atoms with Crippen molar-refractivity contribution in [1.82, 2.24) is 10.0 Å². The smallest absolute Gasteiger partial charge is 0.240 e. The highest BCUT2D eigenvalue weighted by Crippen LogP contribution is 2.18. The van der Waals surface area contributed by atoms with Gasteiger partial charge in [-0.05, 0) is 57.8 Å². The molecule has 1 saturated heterocycles. The second kappa shape index (κ2) is 6.03. The lowest BCUT2D eigenvalue weighted by Crippen LogP contribution is -2.42. The van der Waals surface area contributed by atoms with Crippen molar-refractivity contribution in [3.8, 4) is 0 Å². The van der Waals surface area contributed by atoms with Gasteiger partial charge in [0, 0.05) is 6.04 Å². The SMILES string of the molecule is Cc1ccc(S(=O)(=O)NC(C)C2CCNCC2)cc1. The van der Waals surface area contributed by atoms with Crippen LogP contribution in [0.2, 0.25) is 0 Å². The second-order valence-corrected chi connectivity index (χ2v) is 7.02. The van der Waals surface area contributed by atoms with Crippen molar-refractivity contribution in [2.75, 3.05) is 13.1 Å². The highest BCUT2D eigenvalue weighted by Gasteiger charge is 2.24. The van der Waals surface area contributed by atoms with E-state index in [0.29, 0.717) is 10.8 Å². The molecule has 19 heavy (non-hydrogen) atoms. The molecule has 4 nitrogen and oxygen atoms in total. The van der Waals surface area contributed by atoms with Crippen molar-refractivity contribution in [3.05, 3.63) is 29.8 Å². The summed E-state index contributed by atoms with van der Waals surface area (Å²) in [5, 5.41) is 3.29. The Balaban J connectivity index is 2.05. The molecule has 1 heterocycles. The van der Waals surface area contributed by atoms with E-state index in [9.17, 15) is 8.42 Å². The maximum absolute atomic E-state index is 12.3. The van der Waals surface area contributed by atoms with E-state index in [1.165, 1.54) is 0 Å². The van der Waals surface area contributed by atoms with Crippen molar-refractivity contribution in [3.63, 3.8) is 0 Å². The standard InChI is InChI=1S/C14H22N2O2S/c1-11-3-5-14(6-4-11)19(17,18)16-12(2)13-7-9-15-10-8-13/h3-6,12-13,15-16H,7-10H2,1-2H3. The Morgan fingerprint density at radius 3 is 2.37 bits per heavy atom. The maximum Gasteiger partial charge on any atom is 0.240 e. The minimum Gasteiger partial charge on any atom is -0.317 e. The molecule has 2 N–H and O–H groups in total. The van der Waals surface area contributed by atoms with Gasteiger partial charge in [-0.25, -0.2) is 13.1 Å². The minimum absolute atomic E-state index is 0.0200.